The quantitative estimate of drug-likeness (QED) is 0.508. The van der Waals surface area contributed by atoms with E-state index in [9.17, 15) is 25.2 Å². The highest BCUT2D eigenvalue weighted by Gasteiger charge is 2.44. The predicted octanol–water partition coefficient (Wildman–Crippen LogP) is 2.12. The molecule has 30 heavy (non-hydrogen) atoms. The van der Waals surface area contributed by atoms with E-state index >= 15 is 0 Å². The Morgan fingerprint density at radius 3 is 2.63 bits per heavy atom. The average Bonchev–Trinajstić information content (AvgIpc) is 2.75. The monoisotopic (exact) mass is 410 g/mol. The van der Waals surface area contributed by atoms with Gasteiger partial charge < -0.3 is 29.6 Å². The highest BCUT2D eigenvalue weighted by molar-refractivity contribution is 5.87. The first-order valence-electron chi connectivity index (χ1n) is 9.59. The Labute approximate surface area is 172 Å². The van der Waals surface area contributed by atoms with Crippen LogP contribution in [0.2, 0.25) is 0 Å². The van der Waals surface area contributed by atoms with Gasteiger partial charge in [0, 0.05) is 30.5 Å². The van der Waals surface area contributed by atoms with Crippen LogP contribution in [0.15, 0.2) is 57.8 Å². The fraction of sp³-hybridized carbons (Fsp3) is 0.261. The smallest absolute Gasteiger partial charge is 0.196 e. The molecule has 2 aromatic carbocycles. The van der Waals surface area contributed by atoms with Gasteiger partial charge in [0.1, 0.15) is 40.9 Å². The summed E-state index contributed by atoms with van der Waals surface area (Å²) in [6, 6.07) is 12.1. The van der Waals surface area contributed by atoms with Gasteiger partial charge in [-0.2, -0.15) is 0 Å². The third kappa shape index (κ3) is 3.47. The van der Waals surface area contributed by atoms with E-state index in [1.807, 2.05) is 42.5 Å². The van der Waals surface area contributed by atoms with Crippen molar-refractivity contribution in [3.05, 3.63) is 75.7 Å². The number of rotatable bonds is 5. The number of aliphatic hydroxyl groups excluding tert-OH is 3. The van der Waals surface area contributed by atoms with Crippen LogP contribution in [0, 0.1) is 0 Å². The third-order valence-electron chi connectivity index (χ3n) is 5.42. The van der Waals surface area contributed by atoms with Crippen molar-refractivity contribution in [2.75, 3.05) is 6.61 Å². The molecular weight excluding hydrogens is 388 g/mol. The van der Waals surface area contributed by atoms with Crippen LogP contribution >= 0.6 is 0 Å². The molecule has 1 aromatic heterocycles. The van der Waals surface area contributed by atoms with Gasteiger partial charge in [-0.3, -0.25) is 4.79 Å². The SMILES string of the molecule is O=c1cc(CO)oc2cc3c(c(O)c12)C[C@@H](O)[C@@](CO)(CC=Cc1ccccc1)O3. The molecule has 0 aliphatic carbocycles. The molecular formula is C23H22O7. The Bertz CT molecular complexity index is 1150. The second-order valence-corrected chi connectivity index (χ2v) is 7.37. The maximum atomic E-state index is 12.3. The molecule has 2 heterocycles. The van der Waals surface area contributed by atoms with Crippen LogP contribution in [0.5, 0.6) is 11.5 Å². The summed E-state index contributed by atoms with van der Waals surface area (Å²) >= 11 is 0. The minimum atomic E-state index is -1.31. The van der Waals surface area contributed by atoms with Crippen molar-refractivity contribution in [3.63, 3.8) is 0 Å². The first-order valence-corrected chi connectivity index (χ1v) is 9.59. The Morgan fingerprint density at radius 1 is 1.17 bits per heavy atom. The molecule has 4 rings (SSSR count). The van der Waals surface area contributed by atoms with E-state index in [4.69, 9.17) is 9.15 Å². The van der Waals surface area contributed by atoms with Crippen molar-refractivity contribution in [1.82, 2.24) is 0 Å². The van der Waals surface area contributed by atoms with Gasteiger partial charge in [-0.05, 0) is 5.56 Å². The molecule has 4 N–H and O–H groups in total. The number of fused-ring (bicyclic) bond motifs is 2. The predicted molar refractivity (Wildman–Crippen MR) is 110 cm³/mol. The zero-order valence-electron chi connectivity index (χ0n) is 16.1. The molecule has 3 aromatic rings. The average molecular weight is 410 g/mol. The minimum absolute atomic E-state index is 0.00195. The lowest BCUT2D eigenvalue weighted by atomic mass is 9.85. The number of hydrogen-bond acceptors (Lipinski definition) is 7. The summed E-state index contributed by atoms with van der Waals surface area (Å²) in [6.07, 6.45) is 2.79. The van der Waals surface area contributed by atoms with Crippen molar-refractivity contribution < 1.29 is 29.6 Å². The number of phenols is 1. The Hall–Kier alpha value is -3.13. The zero-order chi connectivity index (χ0) is 21.3. The third-order valence-corrected chi connectivity index (χ3v) is 5.42. The van der Waals surface area contributed by atoms with E-state index in [1.165, 1.54) is 6.07 Å². The van der Waals surface area contributed by atoms with Gasteiger partial charge in [0.15, 0.2) is 11.0 Å². The van der Waals surface area contributed by atoms with Crippen LogP contribution in [-0.2, 0) is 13.0 Å². The molecule has 0 unspecified atom stereocenters. The van der Waals surface area contributed by atoms with Gasteiger partial charge in [0.2, 0.25) is 0 Å². The standard InChI is InChI=1S/C23H22O7/c24-12-15-9-17(26)21-19(29-15)11-18-16(22(21)28)10-20(27)23(13-25,30-18)8-4-7-14-5-2-1-3-6-14/h1-7,9,11,20,24-25,27-28H,8,10,12-13H2/t20-,23+/m1/s1. The van der Waals surface area contributed by atoms with Gasteiger partial charge >= 0.3 is 0 Å². The minimum Gasteiger partial charge on any atom is -0.507 e. The second kappa shape index (κ2) is 7.95. The lowest BCUT2D eigenvalue weighted by Gasteiger charge is -2.41. The molecule has 0 fully saturated rings. The van der Waals surface area contributed by atoms with Crippen molar-refractivity contribution in [3.8, 4) is 11.5 Å². The molecule has 0 spiro atoms. The Balaban J connectivity index is 1.72. The summed E-state index contributed by atoms with van der Waals surface area (Å²) in [7, 11) is 0. The fourth-order valence-electron chi connectivity index (χ4n) is 3.74. The molecule has 7 heteroatoms. The molecule has 0 amide bonds. The van der Waals surface area contributed by atoms with Crippen molar-refractivity contribution in [2.24, 2.45) is 0 Å². The number of benzene rings is 2. The molecule has 0 bridgehead atoms. The molecule has 7 nitrogen and oxygen atoms in total. The molecule has 0 saturated heterocycles. The van der Waals surface area contributed by atoms with Gasteiger partial charge in [-0.15, -0.1) is 0 Å². The summed E-state index contributed by atoms with van der Waals surface area (Å²) in [5, 5.41) is 40.7. The van der Waals surface area contributed by atoms with Crippen molar-refractivity contribution >= 4 is 17.0 Å². The summed E-state index contributed by atoms with van der Waals surface area (Å²) < 4.78 is 11.5. The fourth-order valence-corrected chi connectivity index (χ4v) is 3.74. The summed E-state index contributed by atoms with van der Waals surface area (Å²) in [6.45, 7) is -0.917. The van der Waals surface area contributed by atoms with E-state index in [0.717, 1.165) is 11.6 Å². The molecule has 0 radical (unpaired) electrons. The number of hydrogen-bond donors (Lipinski definition) is 4. The van der Waals surface area contributed by atoms with E-state index in [1.54, 1.807) is 0 Å². The van der Waals surface area contributed by atoms with Gasteiger partial charge in [0.25, 0.3) is 0 Å². The normalized spacial score (nSPS) is 21.0. The first kappa shape index (κ1) is 20.2. The number of aromatic hydroxyl groups is 1. The van der Waals surface area contributed by atoms with Gasteiger partial charge in [0.05, 0.1) is 6.61 Å². The van der Waals surface area contributed by atoms with E-state index < -0.39 is 30.3 Å². The van der Waals surface area contributed by atoms with Crippen LogP contribution in [0.1, 0.15) is 23.3 Å². The van der Waals surface area contributed by atoms with Gasteiger partial charge in [-0.25, -0.2) is 0 Å². The van der Waals surface area contributed by atoms with Crippen molar-refractivity contribution in [1.29, 1.82) is 0 Å². The summed E-state index contributed by atoms with van der Waals surface area (Å²) in [5.41, 5.74) is -0.507. The van der Waals surface area contributed by atoms with Gasteiger partial charge in [-0.1, -0.05) is 42.5 Å². The maximum absolute atomic E-state index is 12.3. The first-order chi connectivity index (χ1) is 14.5. The number of phenolic OH excluding ortho intramolecular Hbond substituents is 1. The van der Waals surface area contributed by atoms with Crippen molar-refractivity contribution in [2.45, 2.75) is 31.2 Å². The maximum Gasteiger partial charge on any atom is 0.196 e. The van der Waals surface area contributed by atoms with Crippen LogP contribution < -0.4 is 10.2 Å². The van der Waals surface area contributed by atoms with Crippen LogP contribution in [0.4, 0.5) is 0 Å². The lowest BCUT2D eigenvalue weighted by molar-refractivity contribution is -0.0944. The Morgan fingerprint density at radius 2 is 1.93 bits per heavy atom. The molecule has 156 valence electrons. The molecule has 1 aliphatic rings. The molecule has 0 saturated carbocycles. The molecule has 2 atom stereocenters. The van der Waals surface area contributed by atoms with Crippen LogP contribution in [0.3, 0.4) is 0 Å². The number of aliphatic hydroxyl groups is 3. The van der Waals surface area contributed by atoms with E-state index in [0.29, 0.717) is 0 Å². The highest BCUT2D eigenvalue weighted by Crippen LogP contribution is 2.43. The largest absolute Gasteiger partial charge is 0.507 e. The summed E-state index contributed by atoms with van der Waals surface area (Å²) in [5.74, 6) is -0.0567. The highest BCUT2D eigenvalue weighted by atomic mass is 16.5. The zero-order valence-corrected chi connectivity index (χ0v) is 16.1. The van der Waals surface area contributed by atoms with Crippen LogP contribution in [-0.4, -0.2) is 38.7 Å². The second-order valence-electron chi connectivity index (χ2n) is 7.37. The molecule has 1 aliphatic heterocycles. The van der Waals surface area contributed by atoms with E-state index in [2.05, 4.69) is 0 Å². The van der Waals surface area contributed by atoms with E-state index in [-0.39, 0.29) is 46.6 Å². The summed E-state index contributed by atoms with van der Waals surface area (Å²) in [4.78, 5) is 12.3. The topological polar surface area (TPSA) is 120 Å². The lowest BCUT2D eigenvalue weighted by Crippen LogP contribution is -2.54. The van der Waals surface area contributed by atoms with Crippen LogP contribution in [0.25, 0.3) is 17.0 Å². The Kier molecular flexibility index (Phi) is 5.34. The number of ether oxygens (including phenoxy) is 1.